The largest absolute Gasteiger partial charge is 0.491 e. The molecule has 6 heteroatoms. The second-order valence-electron chi connectivity index (χ2n) is 6.50. The lowest BCUT2D eigenvalue weighted by atomic mass is 10.1. The first-order chi connectivity index (χ1) is 14.7. The van der Waals surface area contributed by atoms with Crippen molar-refractivity contribution in [1.29, 1.82) is 0 Å². The molecule has 162 valence electrons. The van der Waals surface area contributed by atoms with E-state index in [0.29, 0.717) is 51.8 Å². The Morgan fingerprint density at radius 1 is 0.733 bits per heavy atom. The van der Waals surface area contributed by atoms with Gasteiger partial charge >= 0.3 is 5.97 Å². The van der Waals surface area contributed by atoms with Gasteiger partial charge in [-0.3, -0.25) is 0 Å². The second-order valence-corrected chi connectivity index (χ2v) is 6.50. The molecule has 0 amide bonds. The average Bonchev–Trinajstić information content (AvgIpc) is 2.77. The number of benzene rings is 2. The summed E-state index contributed by atoms with van der Waals surface area (Å²) in [4.78, 5) is 11.2. The van der Waals surface area contributed by atoms with Crippen molar-refractivity contribution in [3.8, 4) is 16.9 Å². The van der Waals surface area contributed by atoms with E-state index in [9.17, 15) is 4.79 Å². The highest BCUT2D eigenvalue weighted by atomic mass is 16.6. The van der Waals surface area contributed by atoms with Gasteiger partial charge in [-0.05, 0) is 30.2 Å². The molecule has 0 spiro atoms. The van der Waals surface area contributed by atoms with Crippen LogP contribution in [0.3, 0.4) is 0 Å². The molecule has 0 unspecified atom stereocenters. The molecule has 2 aromatic carbocycles. The number of hydrogen-bond acceptors (Lipinski definition) is 6. The Labute approximate surface area is 178 Å². The summed E-state index contributed by atoms with van der Waals surface area (Å²) in [5.74, 6) is 0.419. The van der Waals surface area contributed by atoms with Crippen LogP contribution in [-0.2, 0) is 23.7 Å². The highest BCUT2D eigenvalue weighted by molar-refractivity contribution is 5.86. The molecule has 0 heterocycles. The lowest BCUT2D eigenvalue weighted by Crippen LogP contribution is -2.15. The number of carbonyl (C=O) groups excluding carboxylic acids is 1. The van der Waals surface area contributed by atoms with E-state index in [0.717, 1.165) is 16.9 Å². The molecule has 2 aromatic rings. The Hall–Kier alpha value is -2.67. The molecule has 2 rings (SSSR count). The minimum absolute atomic E-state index is 0.211. The number of esters is 1. The van der Waals surface area contributed by atoms with E-state index in [4.69, 9.17) is 23.7 Å². The van der Waals surface area contributed by atoms with Gasteiger partial charge in [-0.15, -0.1) is 0 Å². The van der Waals surface area contributed by atoms with Gasteiger partial charge in [0, 0.05) is 5.57 Å². The van der Waals surface area contributed by atoms with Crippen LogP contribution in [0.25, 0.3) is 11.1 Å². The van der Waals surface area contributed by atoms with Crippen molar-refractivity contribution < 1.29 is 28.5 Å². The monoisotopic (exact) mass is 414 g/mol. The Morgan fingerprint density at radius 2 is 1.30 bits per heavy atom. The number of carbonyl (C=O) groups is 1. The van der Waals surface area contributed by atoms with Crippen LogP contribution >= 0.6 is 0 Å². The van der Waals surface area contributed by atoms with Crippen LogP contribution in [0.5, 0.6) is 5.75 Å². The number of hydrogen-bond donors (Lipinski definition) is 0. The highest BCUT2D eigenvalue weighted by Gasteiger charge is 2.02. The van der Waals surface area contributed by atoms with Crippen molar-refractivity contribution in [2.45, 2.75) is 6.92 Å². The van der Waals surface area contributed by atoms with E-state index >= 15 is 0 Å². The first-order valence-electron chi connectivity index (χ1n) is 10.0. The van der Waals surface area contributed by atoms with Crippen molar-refractivity contribution in [1.82, 2.24) is 0 Å². The van der Waals surface area contributed by atoms with Crippen LogP contribution < -0.4 is 4.74 Å². The highest BCUT2D eigenvalue weighted by Crippen LogP contribution is 2.23. The zero-order chi connectivity index (χ0) is 21.4. The van der Waals surface area contributed by atoms with E-state index in [1.807, 2.05) is 36.4 Å². The third kappa shape index (κ3) is 9.69. The van der Waals surface area contributed by atoms with Gasteiger partial charge in [0.15, 0.2) is 0 Å². The molecule has 0 aliphatic heterocycles. The zero-order valence-corrected chi connectivity index (χ0v) is 17.5. The first kappa shape index (κ1) is 23.6. The van der Waals surface area contributed by atoms with Gasteiger partial charge in [0.05, 0.1) is 39.6 Å². The fraction of sp³-hybridized carbons (Fsp3) is 0.375. The molecule has 0 fully saturated rings. The van der Waals surface area contributed by atoms with E-state index in [2.05, 4.69) is 24.8 Å². The molecule has 0 aliphatic carbocycles. The molecule has 0 atom stereocenters. The standard InChI is InChI=1S/C24H30O6/c1-20(2)24(25)30-18-16-28-14-12-26-11-13-27-15-17-29-23-10-6-9-22(19-23)21-7-4-3-5-8-21/h3-10,19H,1,11-18H2,2H3. The molecule has 0 radical (unpaired) electrons. The van der Waals surface area contributed by atoms with Gasteiger partial charge in [0.1, 0.15) is 19.0 Å². The molecule has 0 saturated heterocycles. The molecule has 6 nitrogen and oxygen atoms in total. The van der Waals surface area contributed by atoms with Crippen LogP contribution in [0.15, 0.2) is 66.7 Å². The van der Waals surface area contributed by atoms with Gasteiger partial charge in [-0.2, -0.15) is 0 Å². The SMILES string of the molecule is C=C(C)C(=O)OCCOCCOCCOCCOc1cccc(-c2ccccc2)c1. The number of rotatable bonds is 15. The zero-order valence-electron chi connectivity index (χ0n) is 17.5. The van der Waals surface area contributed by atoms with Gasteiger partial charge < -0.3 is 23.7 Å². The predicted octanol–water partition coefficient (Wildman–Crippen LogP) is 3.90. The summed E-state index contributed by atoms with van der Waals surface area (Å²) in [6, 6.07) is 18.2. The summed E-state index contributed by atoms with van der Waals surface area (Å²) < 4.78 is 26.9. The maximum Gasteiger partial charge on any atom is 0.333 e. The lowest BCUT2D eigenvalue weighted by Gasteiger charge is -2.09. The summed E-state index contributed by atoms with van der Waals surface area (Å²) in [6.45, 7) is 8.49. The van der Waals surface area contributed by atoms with Crippen molar-refractivity contribution >= 4 is 5.97 Å². The van der Waals surface area contributed by atoms with E-state index < -0.39 is 5.97 Å². The van der Waals surface area contributed by atoms with Crippen LogP contribution in [0.2, 0.25) is 0 Å². The Bertz CT molecular complexity index is 759. The maximum atomic E-state index is 11.2. The predicted molar refractivity (Wildman–Crippen MR) is 116 cm³/mol. The van der Waals surface area contributed by atoms with Crippen molar-refractivity contribution in [2.24, 2.45) is 0 Å². The van der Waals surface area contributed by atoms with Gasteiger partial charge in [-0.1, -0.05) is 49.0 Å². The lowest BCUT2D eigenvalue weighted by molar-refractivity contribution is -0.140. The summed E-state index contributed by atoms with van der Waals surface area (Å²) in [5, 5.41) is 0. The topological polar surface area (TPSA) is 63.2 Å². The Morgan fingerprint density at radius 3 is 1.93 bits per heavy atom. The van der Waals surface area contributed by atoms with Crippen molar-refractivity contribution in [3.63, 3.8) is 0 Å². The number of ether oxygens (including phenoxy) is 5. The fourth-order valence-electron chi connectivity index (χ4n) is 2.47. The van der Waals surface area contributed by atoms with Crippen LogP contribution in [0.4, 0.5) is 0 Å². The molecule has 0 bridgehead atoms. The van der Waals surface area contributed by atoms with Gasteiger partial charge in [-0.25, -0.2) is 4.79 Å². The van der Waals surface area contributed by atoms with Crippen LogP contribution in [0, 0.1) is 0 Å². The molecule has 0 aromatic heterocycles. The van der Waals surface area contributed by atoms with Crippen LogP contribution in [-0.4, -0.2) is 58.8 Å². The smallest absolute Gasteiger partial charge is 0.333 e. The van der Waals surface area contributed by atoms with Gasteiger partial charge in [0.2, 0.25) is 0 Å². The molecular formula is C24H30O6. The summed E-state index contributed by atoms with van der Waals surface area (Å²) in [6.07, 6.45) is 0. The second kappa shape index (κ2) is 14.3. The summed E-state index contributed by atoms with van der Waals surface area (Å²) in [5.41, 5.74) is 2.66. The van der Waals surface area contributed by atoms with E-state index in [1.54, 1.807) is 6.92 Å². The van der Waals surface area contributed by atoms with Crippen molar-refractivity contribution in [2.75, 3.05) is 52.9 Å². The van der Waals surface area contributed by atoms with Crippen LogP contribution in [0.1, 0.15) is 6.92 Å². The first-order valence-corrected chi connectivity index (χ1v) is 10.0. The van der Waals surface area contributed by atoms with Gasteiger partial charge in [0.25, 0.3) is 0 Å². The van der Waals surface area contributed by atoms with E-state index in [1.165, 1.54) is 0 Å². The molecule has 0 aliphatic rings. The summed E-state index contributed by atoms with van der Waals surface area (Å²) >= 11 is 0. The normalized spacial score (nSPS) is 10.6. The minimum Gasteiger partial charge on any atom is -0.491 e. The third-order valence-electron chi connectivity index (χ3n) is 3.99. The Kier molecular flexibility index (Phi) is 11.3. The van der Waals surface area contributed by atoms with Crippen molar-refractivity contribution in [3.05, 3.63) is 66.7 Å². The summed E-state index contributed by atoms with van der Waals surface area (Å²) in [7, 11) is 0. The maximum absolute atomic E-state index is 11.2. The molecule has 30 heavy (non-hydrogen) atoms. The third-order valence-corrected chi connectivity index (χ3v) is 3.99. The Balaban J connectivity index is 1.44. The van der Waals surface area contributed by atoms with E-state index in [-0.39, 0.29) is 6.61 Å². The average molecular weight is 414 g/mol. The fourth-order valence-corrected chi connectivity index (χ4v) is 2.47. The minimum atomic E-state index is -0.403. The molecular weight excluding hydrogens is 384 g/mol. The molecule has 0 N–H and O–H groups in total. The quantitative estimate of drug-likeness (QED) is 0.250. The molecule has 0 saturated carbocycles.